The van der Waals surface area contributed by atoms with Gasteiger partial charge in [0.25, 0.3) is 11.8 Å². The fraction of sp³-hybridized carbons (Fsp3) is 0.276. The average Bonchev–Trinajstić information content (AvgIpc) is 2.96. The number of hydrogen-bond donors (Lipinski definition) is 4. The standard InChI is InChI=1S/C29H30N4O6/c1-17-3-7-21(32-27(34)20-6-10-25-26(14-20)38-12-11-37-25)15-24(17)33-28(35)19-5-9-23-18(13-19)4-8-22(31-23)16-39-29(36)30-2/h3,5-7,9-10,13-15,22,31H,4,8,11-12,16H2,1-2H3,(H,30,36)(H,32,34)(H,33,35). The van der Waals surface area contributed by atoms with Crippen molar-refractivity contribution in [3.05, 3.63) is 76.9 Å². The highest BCUT2D eigenvalue weighted by Gasteiger charge is 2.21. The fourth-order valence-corrected chi connectivity index (χ4v) is 4.49. The first-order chi connectivity index (χ1) is 18.9. The number of carbonyl (C=O) groups excluding carboxylic acids is 3. The van der Waals surface area contributed by atoms with Crippen LogP contribution in [0.3, 0.4) is 0 Å². The number of ether oxygens (including phenoxy) is 3. The zero-order valence-corrected chi connectivity index (χ0v) is 21.8. The van der Waals surface area contributed by atoms with E-state index in [0.717, 1.165) is 29.7 Å². The first-order valence-electron chi connectivity index (χ1n) is 12.8. The summed E-state index contributed by atoms with van der Waals surface area (Å²) in [5.74, 6) is 0.611. The monoisotopic (exact) mass is 530 g/mol. The lowest BCUT2D eigenvalue weighted by Gasteiger charge is -2.27. The third kappa shape index (κ3) is 6.06. The van der Waals surface area contributed by atoms with Crippen LogP contribution in [0.25, 0.3) is 0 Å². The summed E-state index contributed by atoms with van der Waals surface area (Å²) < 4.78 is 16.2. The van der Waals surface area contributed by atoms with Gasteiger partial charge in [-0.3, -0.25) is 9.59 Å². The first-order valence-corrected chi connectivity index (χ1v) is 12.8. The molecule has 10 nitrogen and oxygen atoms in total. The van der Waals surface area contributed by atoms with Crippen LogP contribution in [0.2, 0.25) is 0 Å². The highest BCUT2D eigenvalue weighted by molar-refractivity contribution is 6.07. The van der Waals surface area contributed by atoms with Gasteiger partial charge in [-0.05, 0) is 79.4 Å². The number of carbonyl (C=O) groups is 3. The summed E-state index contributed by atoms with van der Waals surface area (Å²) in [4.78, 5) is 37.3. The lowest BCUT2D eigenvalue weighted by Crippen LogP contribution is -2.33. The van der Waals surface area contributed by atoms with Crippen LogP contribution in [0.15, 0.2) is 54.6 Å². The summed E-state index contributed by atoms with van der Waals surface area (Å²) >= 11 is 0. The van der Waals surface area contributed by atoms with Gasteiger partial charge in [0, 0.05) is 35.2 Å². The zero-order chi connectivity index (χ0) is 27.4. The van der Waals surface area contributed by atoms with Crippen molar-refractivity contribution >= 4 is 35.0 Å². The van der Waals surface area contributed by atoms with Gasteiger partial charge >= 0.3 is 6.09 Å². The van der Waals surface area contributed by atoms with Crippen LogP contribution in [0.4, 0.5) is 21.9 Å². The Hall–Kier alpha value is -4.73. The number of anilines is 3. The molecule has 0 saturated carbocycles. The molecule has 2 aliphatic rings. The van der Waals surface area contributed by atoms with Crippen LogP contribution in [0.1, 0.15) is 38.3 Å². The van der Waals surface area contributed by atoms with E-state index in [4.69, 9.17) is 14.2 Å². The number of fused-ring (bicyclic) bond motifs is 2. The van der Waals surface area contributed by atoms with Crippen LogP contribution in [0, 0.1) is 6.92 Å². The molecule has 0 fully saturated rings. The van der Waals surface area contributed by atoms with E-state index in [1.165, 1.54) is 7.05 Å². The van der Waals surface area contributed by atoms with E-state index in [1.54, 1.807) is 36.4 Å². The molecule has 0 bridgehead atoms. The molecule has 2 aliphatic heterocycles. The van der Waals surface area contributed by atoms with E-state index >= 15 is 0 Å². The Balaban J connectivity index is 1.23. The Bertz CT molecular complexity index is 1420. The summed E-state index contributed by atoms with van der Waals surface area (Å²) in [6, 6.07) is 15.9. The van der Waals surface area contributed by atoms with Crippen molar-refractivity contribution in [2.45, 2.75) is 25.8 Å². The maximum Gasteiger partial charge on any atom is 0.406 e. The predicted octanol–water partition coefficient (Wildman–Crippen LogP) is 4.35. The molecule has 0 aromatic heterocycles. The van der Waals surface area contributed by atoms with Crippen LogP contribution in [-0.2, 0) is 11.2 Å². The largest absolute Gasteiger partial charge is 0.486 e. The van der Waals surface area contributed by atoms with Gasteiger partial charge in [0.05, 0.1) is 6.04 Å². The highest BCUT2D eigenvalue weighted by Crippen LogP contribution is 2.31. The fourth-order valence-electron chi connectivity index (χ4n) is 4.49. The van der Waals surface area contributed by atoms with Crippen LogP contribution in [0.5, 0.6) is 11.5 Å². The van der Waals surface area contributed by atoms with Crippen molar-refractivity contribution in [3.8, 4) is 11.5 Å². The van der Waals surface area contributed by atoms with E-state index in [2.05, 4.69) is 21.3 Å². The third-order valence-electron chi connectivity index (χ3n) is 6.66. The Morgan fingerprint density at radius 2 is 1.67 bits per heavy atom. The molecule has 2 heterocycles. The molecule has 1 atom stereocenters. The Kier molecular flexibility index (Phi) is 7.53. The number of amides is 3. The molecule has 0 saturated heterocycles. The number of aryl methyl sites for hydroxylation is 2. The quantitative estimate of drug-likeness (QED) is 0.373. The Morgan fingerprint density at radius 3 is 2.49 bits per heavy atom. The van der Waals surface area contributed by atoms with Gasteiger partial charge in [-0.2, -0.15) is 0 Å². The van der Waals surface area contributed by atoms with Crippen LogP contribution < -0.4 is 30.7 Å². The van der Waals surface area contributed by atoms with Gasteiger partial charge in [0.15, 0.2) is 11.5 Å². The summed E-state index contributed by atoms with van der Waals surface area (Å²) in [5, 5.41) is 11.6. The highest BCUT2D eigenvalue weighted by atomic mass is 16.6. The molecule has 39 heavy (non-hydrogen) atoms. The van der Waals surface area contributed by atoms with E-state index in [-0.39, 0.29) is 24.5 Å². The molecule has 0 radical (unpaired) electrons. The van der Waals surface area contributed by atoms with Crippen molar-refractivity contribution in [2.75, 3.05) is 42.8 Å². The zero-order valence-electron chi connectivity index (χ0n) is 21.8. The SMILES string of the molecule is CNC(=O)OCC1CCc2cc(C(=O)Nc3cc(NC(=O)c4ccc5c(c4)OCCO5)ccc3C)ccc2N1. The second kappa shape index (κ2) is 11.3. The molecule has 202 valence electrons. The Labute approximate surface area is 226 Å². The summed E-state index contributed by atoms with van der Waals surface area (Å²) in [6.45, 7) is 3.07. The predicted molar refractivity (Wildman–Crippen MR) is 147 cm³/mol. The van der Waals surface area contributed by atoms with Crippen molar-refractivity contribution < 1.29 is 28.6 Å². The molecule has 5 rings (SSSR count). The Morgan fingerprint density at radius 1 is 0.923 bits per heavy atom. The van der Waals surface area contributed by atoms with Crippen molar-refractivity contribution in [1.29, 1.82) is 0 Å². The second-order valence-corrected chi connectivity index (χ2v) is 9.40. The molecular weight excluding hydrogens is 500 g/mol. The lowest BCUT2D eigenvalue weighted by molar-refractivity contribution is 0.101. The third-order valence-corrected chi connectivity index (χ3v) is 6.66. The topological polar surface area (TPSA) is 127 Å². The maximum absolute atomic E-state index is 13.1. The van der Waals surface area contributed by atoms with Gasteiger partial charge in [-0.15, -0.1) is 0 Å². The van der Waals surface area contributed by atoms with Crippen LogP contribution in [-0.4, -0.2) is 50.8 Å². The van der Waals surface area contributed by atoms with Crippen molar-refractivity contribution in [3.63, 3.8) is 0 Å². The number of hydrogen-bond acceptors (Lipinski definition) is 7. The van der Waals surface area contributed by atoms with Crippen LogP contribution >= 0.6 is 0 Å². The smallest absolute Gasteiger partial charge is 0.406 e. The average molecular weight is 531 g/mol. The molecule has 10 heteroatoms. The molecule has 3 aromatic rings. The summed E-state index contributed by atoms with van der Waals surface area (Å²) in [6.07, 6.45) is 1.07. The summed E-state index contributed by atoms with van der Waals surface area (Å²) in [5.41, 5.74) is 4.92. The summed E-state index contributed by atoms with van der Waals surface area (Å²) in [7, 11) is 1.52. The second-order valence-electron chi connectivity index (χ2n) is 9.40. The van der Waals surface area contributed by atoms with E-state index < -0.39 is 6.09 Å². The number of nitrogens with one attached hydrogen (secondary N) is 4. The van der Waals surface area contributed by atoms with Gasteiger partial charge in [-0.1, -0.05) is 6.07 Å². The number of alkyl carbamates (subject to hydrolysis) is 1. The van der Waals surface area contributed by atoms with E-state index in [1.807, 2.05) is 25.1 Å². The van der Waals surface area contributed by atoms with E-state index in [0.29, 0.717) is 47.2 Å². The maximum atomic E-state index is 13.1. The molecule has 1 unspecified atom stereocenters. The van der Waals surface area contributed by atoms with Crippen molar-refractivity contribution in [1.82, 2.24) is 5.32 Å². The minimum atomic E-state index is -0.461. The minimum Gasteiger partial charge on any atom is -0.486 e. The normalized spacial score (nSPS) is 15.3. The van der Waals surface area contributed by atoms with Gasteiger partial charge in [0.2, 0.25) is 0 Å². The van der Waals surface area contributed by atoms with E-state index in [9.17, 15) is 14.4 Å². The number of benzene rings is 3. The molecule has 3 aromatic carbocycles. The number of rotatable bonds is 6. The van der Waals surface area contributed by atoms with Gasteiger partial charge in [-0.25, -0.2) is 4.79 Å². The molecule has 0 spiro atoms. The van der Waals surface area contributed by atoms with Gasteiger partial charge < -0.3 is 35.5 Å². The molecule has 0 aliphatic carbocycles. The minimum absolute atomic E-state index is 0.0113. The molecule has 3 amide bonds. The lowest BCUT2D eigenvalue weighted by atomic mass is 9.96. The molecular formula is C29H30N4O6. The van der Waals surface area contributed by atoms with Crippen molar-refractivity contribution in [2.24, 2.45) is 0 Å². The van der Waals surface area contributed by atoms with Gasteiger partial charge in [0.1, 0.15) is 19.8 Å². The molecule has 4 N–H and O–H groups in total. The first kappa shape index (κ1) is 25.9.